The second kappa shape index (κ2) is 16.1. The van der Waals surface area contributed by atoms with Gasteiger partial charge in [0, 0.05) is 0 Å². The van der Waals surface area contributed by atoms with Crippen molar-refractivity contribution < 1.29 is 4.74 Å². The van der Waals surface area contributed by atoms with Gasteiger partial charge in [-0.2, -0.15) is 0 Å². The Bertz CT molecular complexity index is 457. The molecule has 0 radical (unpaired) electrons. The van der Waals surface area contributed by atoms with Crippen molar-refractivity contribution in [3.05, 3.63) is 29.8 Å². The first-order valence-corrected chi connectivity index (χ1v) is 10.5. The second-order valence-corrected chi connectivity index (χ2v) is 7.13. The van der Waals surface area contributed by atoms with Crippen LogP contribution >= 0.6 is 0 Å². The maximum atomic E-state index is 5.48. The molecule has 0 unspecified atom stereocenters. The lowest BCUT2D eigenvalue weighted by Gasteiger charge is -2.06. The molecule has 1 aromatic rings. The maximum absolute atomic E-state index is 5.48. The third-order valence-electron chi connectivity index (χ3n) is 4.79. The first kappa shape index (κ1) is 21.6. The summed E-state index contributed by atoms with van der Waals surface area (Å²) in [5.41, 5.74) is 1.36. The molecule has 0 saturated carbocycles. The smallest absolute Gasteiger partial charge is 0.148 e. The van der Waals surface area contributed by atoms with Gasteiger partial charge in [0.1, 0.15) is 12.4 Å². The minimum Gasteiger partial charge on any atom is -0.481 e. The van der Waals surface area contributed by atoms with Crippen molar-refractivity contribution in [3.63, 3.8) is 0 Å². The van der Waals surface area contributed by atoms with Crippen LogP contribution < -0.4 is 4.74 Å². The monoisotopic (exact) mass is 342 g/mol. The topological polar surface area (TPSA) is 9.23 Å². The number of terminal acetylenes is 1. The Hall–Kier alpha value is -1.42. The van der Waals surface area contributed by atoms with Crippen LogP contribution in [-0.2, 0) is 6.42 Å². The molecule has 0 N–H and O–H groups in total. The van der Waals surface area contributed by atoms with Gasteiger partial charge < -0.3 is 4.74 Å². The number of hydrogen-bond donors (Lipinski definition) is 0. The summed E-state index contributed by atoms with van der Waals surface area (Å²) in [6, 6.07) is 8.34. The van der Waals surface area contributed by atoms with Crippen LogP contribution in [0.15, 0.2) is 24.3 Å². The largest absolute Gasteiger partial charge is 0.481 e. The van der Waals surface area contributed by atoms with E-state index in [1.54, 1.807) is 0 Å². The minimum atomic E-state index is 0.349. The Kier molecular flexibility index (Phi) is 13.9. The fraction of sp³-hybridized carbons (Fsp3) is 0.667. The van der Waals surface area contributed by atoms with Gasteiger partial charge in [0.2, 0.25) is 0 Å². The zero-order chi connectivity index (χ0) is 18.0. The summed E-state index contributed by atoms with van der Waals surface area (Å²) >= 11 is 0. The van der Waals surface area contributed by atoms with Gasteiger partial charge in [0.15, 0.2) is 0 Å². The van der Waals surface area contributed by atoms with Crippen LogP contribution in [0.2, 0.25) is 0 Å². The Morgan fingerprint density at radius 3 is 1.92 bits per heavy atom. The summed E-state index contributed by atoms with van der Waals surface area (Å²) < 4.78 is 5.48. The van der Waals surface area contributed by atoms with Crippen LogP contribution in [0.1, 0.15) is 96.0 Å². The average molecular weight is 343 g/mol. The van der Waals surface area contributed by atoms with Crippen molar-refractivity contribution >= 4 is 0 Å². The van der Waals surface area contributed by atoms with E-state index in [0.29, 0.717) is 6.61 Å². The number of benzene rings is 1. The standard InChI is InChI=1S/C24H38O/c1-3-5-6-7-8-9-10-11-12-13-14-15-16-18-23-19-17-20-24(22-23)25-21-4-2/h2,17,19-20,22H,3,5-16,18,21H2,1H3. The van der Waals surface area contributed by atoms with E-state index < -0.39 is 0 Å². The Balaban J connectivity index is 1.91. The summed E-state index contributed by atoms with van der Waals surface area (Å²) in [5, 5.41) is 0. The van der Waals surface area contributed by atoms with E-state index in [-0.39, 0.29) is 0 Å². The zero-order valence-corrected chi connectivity index (χ0v) is 16.4. The molecule has 0 heterocycles. The molecule has 0 saturated heterocycles. The van der Waals surface area contributed by atoms with Gasteiger partial charge in [0.05, 0.1) is 0 Å². The van der Waals surface area contributed by atoms with Gasteiger partial charge in [-0.3, -0.25) is 0 Å². The molecule has 0 fully saturated rings. The van der Waals surface area contributed by atoms with Gasteiger partial charge in [0.25, 0.3) is 0 Å². The number of rotatable bonds is 16. The summed E-state index contributed by atoms with van der Waals surface area (Å²) in [6.45, 7) is 2.63. The average Bonchev–Trinajstić information content (AvgIpc) is 2.64. The SMILES string of the molecule is C#CCOc1cccc(CCCCCCCCCCCCCCC)c1. The maximum Gasteiger partial charge on any atom is 0.148 e. The molecule has 0 bridgehead atoms. The highest BCUT2D eigenvalue weighted by Crippen LogP contribution is 2.17. The van der Waals surface area contributed by atoms with E-state index in [1.165, 1.54) is 89.0 Å². The van der Waals surface area contributed by atoms with E-state index in [4.69, 9.17) is 11.2 Å². The normalized spacial score (nSPS) is 10.6. The minimum absolute atomic E-state index is 0.349. The number of unbranched alkanes of at least 4 members (excludes halogenated alkanes) is 12. The molecule has 1 aromatic carbocycles. The van der Waals surface area contributed by atoms with Crippen molar-refractivity contribution in [1.29, 1.82) is 0 Å². The molecule has 1 rings (SSSR count). The fourth-order valence-corrected chi connectivity index (χ4v) is 3.26. The second-order valence-electron chi connectivity index (χ2n) is 7.13. The van der Waals surface area contributed by atoms with Crippen LogP contribution in [0.4, 0.5) is 0 Å². The van der Waals surface area contributed by atoms with E-state index in [1.807, 2.05) is 6.07 Å². The van der Waals surface area contributed by atoms with Crippen LogP contribution in [0.5, 0.6) is 5.75 Å². The molecule has 0 amide bonds. The van der Waals surface area contributed by atoms with Crippen LogP contribution in [0, 0.1) is 12.3 Å². The molecule has 1 nitrogen and oxygen atoms in total. The van der Waals surface area contributed by atoms with Crippen molar-refractivity contribution in [3.8, 4) is 18.1 Å². The first-order chi connectivity index (χ1) is 12.4. The predicted molar refractivity (Wildman–Crippen MR) is 110 cm³/mol. The lowest BCUT2D eigenvalue weighted by atomic mass is 10.0. The number of ether oxygens (including phenoxy) is 1. The molecule has 140 valence electrons. The highest BCUT2D eigenvalue weighted by atomic mass is 16.5. The van der Waals surface area contributed by atoms with E-state index in [0.717, 1.165) is 12.2 Å². The van der Waals surface area contributed by atoms with Gasteiger partial charge in [-0.05, 0) is 30.5 Å². The number of aryl methyl sites for hydroxylation is 1. The summed E-state index contributed by atoms with van der Waals surface area (Å²) in [4.78, 5) is 0. The lowest BCUT2D eigenvalue weighted by Crippen LogP contribution is -1.94. The third-order valence-corrected chi connectivity index (χ3v) is 4.79. The van der Waals surface area contributed by atoms with E-state index in [9.17, 15) is 0 Å². The first-order valence-electron chi connectivity index (χ1n) is 10.5. The zero-order valence-electron chi connectivity index (χ0n) is 16.4. The van der Waals surface area contributed by atoms with Gasteiger partial charge in [-0.1, -0.05) is 102 Å². The third kappa shape index (κ3) is 12.6. The Labute approximate surface area is 156 Å². The molecular formula is C24H38O. The van der Waals surface area contributed by atoms with Gasteiger partial charge >= 0.3 is 0 Å². The molecule has 25 heavy (non-hydrogen) atoms. The van der Waals surface area contributed by atoms with E-state index in [2.05, 4.69) is 31.0 Å². The van der Waals surface area contributed by atoms with Crippen LogP contribution in [0.3, 0.4) is 0 Å². The molecule has 0 aliphatic rings. The van der Waals surface area contributed by atoms with E-state index >= 15 is 0 Å². The number of hydrogen-bond acceptors (Lipinski definition) is 1. The molecule has 0 spiro atoms. The van der Waals surface area contributed by atoms with Crippen molar-refractivity contribution in [2.24, 2.45) is 0 Å². The van der Waals surface area contributed by atoms with Crippen LogP contribution in [-0.4, -0.2) is 6.61 Å². The van der Waals surface area contributed by atoms with Gasteiger partial charge in [-0.25, -0.2) is 0 Å². The molecular weight excluding hydrogens is 304 g/mol. The quantitative estimate of drug-likeness (QED) is 0.226. The summed E-state index contributed by atoms with van der Waals surface area (Å²) in [6.07, 6.45) is 24.6. The molecule has 0 aliphatic carbocycles. The van der Waals surface area contributed by atoms with Crippen LogP contribution in [0.25, 0.3) is 0 Å². The van der Waals surface area contributed by atoms with Crippen molar-refractivity contribution in [2.75, 3.05) is 6.61 Å². The molecule has 0 atom stereocenters. The molecule has 0 aromatic heterocycles. The molecule has 1 heteroatoms. The lowest BCUT2D eigenvalue weighted by molar-refractivity contribution is 0.370. The summed E-state index contributed by atoms with van der Waals surface area (Å²) in [5.74, 6) is 3.40. The fourth-order valence-electron chi connectivity index (χ4n) is 3.26. The van der Waals surface area contributed by atoms with Gasteiger partial charge in [-0.15, -0.1) is 6.42 Å². The molecule has 0 aliphatic heterocycles. The van der Waals surface area contributed by atoms with Crippen molar-refractivity contribution in [1.82, 2.24) is 0 Å². The summed E-state index contributed by atoms with van der Waals surface area (Å²) in [7, 11) is 0. The van der Waals surface area contributed by atoms with Crippen molar-refractivity contribution in [2.45, 2.75) is 96.8 Å². The highest BCUT2D eigenvalue weighted by Gasteiger charge is 1.98. The predicted octanol–water partition coefficient (Wildman–Crippen LogP) is 7.33. The highest BCUT2D eigenvalue weighted by molar-refractivity contribution is 5.28. The Morgan fingerprint density at radius 1 is 0.800 bits per heavy atom. The Morgan fingerprint density at radius 2 is 1.36 bits per heavy atom.